The van der Waals surface area contributed by atoms with Crippen molar-refractivity contribution in [3.05, 3.63) is 0 Å². The van der Waals surface area contributed by atoms with Crippen LogP contribution >= 0.6 is 0 Å². The Morgan fingerprint density at radius 2 is 1.94 bits per heavy atom. The monoisotopic (exact) mass is 237 g/mol. The number of rotatable bonds is 3. The number of nitrogens with zero attached hydrogens (tertiary/aromatic N) is 1. The molecule has 0 aromatic rings. The van der Waals surface area contributed by atoms with Crippen LogP contribution in [0.4, 0.5) is 0 Å². The Balaban J connectivity index is 2.17. The van der Waals surface area contributed by atoms with Gasteiger partial charge in [-0.25, -0.2) is 0 Å². The molecule has 1 spiro atoms. The first-order valence-corrected chi connectivity index (χ1v) is 7.13. The van der Waals surface area contributed by atoms with Gasteiger partial charge in [-0.3, -0.25) is 9.69 Å². The van der Waals surface area contributed by atoms with E-state index >= 15 is 0 Å². The molecule has 17 heavy (non-hydrogen) atoms. The van der Waals surface area contributed by atoms with Crippen LogP contribution in [0.1, 0.15) is 60.3 Å². The fourth-order valence-electron chi connectivity index (χ4n) is 3.69. The van der Waals surface area contributed by atoms with Crippen LogP contribution in [0.25, 0.3) is 0 Å². The Morgan fingerprint density at radius 3 is 2.35 bits per heavy atom. The number of Topliss-reactive ketones (excluding diaryl/α,β-unsaturated/α-hetero) is 1. The number of carbonyl (C=O) groups excluding carboxylic acids is 1. The molecule has 1 saturated carbocycles. The Hall–Kier alpha value is -0.370. The van der Waals surface area contributed by atoms with Gasteiger partial charge >= 0.3 is 0 Å². The highest BCUT2D eigenvalue weighted by Gasteiger charge is 2.61. The van der Waals surface area contributed by atoms with Crippen molar-refractivity contribution in [1.29, 1.82) is 0 Å². The molecular formula is C15H27NO. The summed E-state index contributed by atoms with van der Waals surface area (Å²) in [4.78, 5) is 14.6. The van der Waals surface area contributed by atoms with Crippen LogP contribution in [0, 0.1) is 11.3 Å². The van der Waals surface area contributed by atoms with Crippen molar-refractivity contribution >= 4 is 5.78 Å². The Kier molecular flexibility index (Phi) is 3.14. The maximum atomic E-state index is 12.1. The maximum Gasteiger partial charge on any atom is 0.149 e. The zero-order chi connectivity index (χ0) is 12.8. The van der Waals surface area contributed by atoms with Crippen LogP contribution in [0.5, 0.6) is 0 Å². The molecule has 0 aromatic heterocycles. The minimum atomic E-state index is 0.125. The minimum Gasteiger partial charge on any atom is -0.298 e. The minimum absolute atomic E-state index is 0.125. The van der Waals surface area contributed by atoms with E-state index in [-0.39, 0.29) is 11.6 Å². The maximum absolute atomic E-state index is 12.1. The van der Waals surface area contributed by atoms with Gasteiger partial charge in [-0.1, -0.05) is 20.3 Å². The van der Waals surface area contributed by atoms with Crippen LogP contribution in [0.2, 0.25) is 0 Å². The quantitative estimate of drug-likeness (QED) is 0.751. The molecular weight excluding hydrogens is 210 g/mol. The topological polar surface area (TPSA) is 20.3 Å². The van der Waals surface area contributed by atoms with E-state index in [4.69, 9.17) is 0 Å². The van der Waals surface area contributed by atoms with Crippen molar-refractivity contribution in [2.45, 2.75) is 71.9 Å². The second-order valence-corrected chi connectivity index (χ2v) is 7.01. The summed E-state index contributed by atoms with van der Waals surface area (Å²) in [6.07, 6.45) is 4.44. The SMILES string of the molecule is CCC(=O)[C@@H]1C[C@]2(C[C@H]2CC)CN1C(C)(C)C. The fraction of sp³-hybridized carbons (Fsp3) is 0.933. The van der Waals surface area contributed by atoms with Gasteiger partial charge in [0.05, 0.1) is 6.04 Å². The highest BCUT2D eigenvalue weighted by atomic mass is 16.1. The number of hydrogen-bond donors (Lipinski definition) is 0. The highest BCUT2D eigenvalue weighted by molar-refractivity contribution is 5.84. The van der Waals surface area contributed by atoms with Crippen molar-refractivity contribution in [2.75, 3.05) is 6.54 Å². The second-order valence-electron chi connectivity index (χ2n) is 7.01. The normalized spacial score (nSPS) is 37.7. The molecule has 0 aromatic carbocycles. The van der Waals surface area contributed by atoms with E-state index in [1.165, 1.54) is 12.8 Å². The third-order valence-electron chi connectivity index (χ3n) is 4.89. The van der Waals surface area contributed by atoms with Crippen molar-refractivity contribution in [3.8, 4) is 0 Å². The predicted molar refractivity (Wildman–Crippen MR) is 71.0 cm³/mol. The van der Waals surface area contributed by atoms with Crippen molar-refractivity contribution in [3.63, 3.8) is 0 Å². The molecule has 0 amide bonds. The summed E-state index contributed by atoms with van der Waals surface area (Å²) in [5, 5.41) is 0. The van der Waals surface area contributed by atoms with Crippen LogP contribution < -0.4 is 0 Å². The fourth-order valence-corrected chi connectivity index (χ4v) is 3.69. The van der Waals surface area contributed by atoms with Crippen molar-refractivity contribution in [2.24, 2.45) is 11.3 Å². The van der Waals surface area contributed by atoms with Gasteiger partial charge in [0.15, 0.2) is 0 Å². The summed E-state index contributed by atoms with van der Waals surface area (Å²) in [7, 11) is 0. The van der Waals surface area contributed by atoms with E-state index in [1.807, 2.05) is 6.92 Å². The summed E-state index contributed by atoms with van der Waals surface area (Å²) >= 11 is 0. The Bertz CT molecular complexity index is 317. The molecule has 2 rings (SSSR count). The number of likely N-dealkylation sites (tertiary alicyclic amines) is 1. The summed E-state index contributed by atoms with van der Waals surface area (Å²) in [6.45, 7) is 12.2. The first-order chi connectivity index (χ1) is 7.84. The van der Waals surface area contributed by atoms with E-state index in [0.717, 1.165) is 18.9 Å². The van der Waals surface area contributed by atoms with Gasteiger partial charge in [0, 0.05) is 18.5 Å². The standard InChI is InChI=1S/C15H27NO/c1-6-11-8-15(11)9-12(13(17)7-2)16(10-15)14(3,4)5/h11-12H,6-10H2,1-5H3/t11-,12+,15-/m1/s1. The molecule has 0 bridgehead atoms. The van der Waals surface area contributed by atoms with Gasteiger partial charge in [0.2, 0.25) is 0 Å². The van der Waals surface area contributed by atoms with Gasteiger partial charge in [-0.05, 0) is 44.9 Å². The van der Waals surface area contributed by atoms with Gasteiger partial charge in [0.1, 0.15) is 5.78 Å². The lowest BCUT2D eigenvalue weighted by atomic mass is 9.96. The smallest absolute Gasteiger partial charge is 0.149 e. The van der Waals surface area contributed by atoms with E-state index < -0.39 is 0 Å². The number of carbonyl (C=O) groups is 1. The van der Waals surface area contributed by atoms with E-state index in [9.17, 15) is 4.79 Å². The summed E-state index contributed by atoms with van der Waals surface area (Å²) in [6, 6.07) is 0.191. The summed E-state index contributed by atoms with van der Waals surface area (Å²) < 4.78 is 0. The lowest BCUT2D eigenvalue weighted by Crippen LogP contribution is -2.47. The molecule has 2 aliphatic rings. The van der Waals surface area contributed by atoms with E-state index in [1.54, 1.807) is 0 Å². The molecule has 2 fully saturated rings. The molecule has 1 heterocycles. The number of hydrogen-bond acceptors (Lipinski definition) is 2. The molecule has 0 N–H and O–H groups in total. The average molecular weight is 237 g/mol. The second kappa shape index (κ2) is 4.08. The van der Waals surface area contributed by atoms with Gasteiger partial charge in [-0.15, -0.1) is 0 Å². The van der Waals surface area contributed by atoms with E-state index in [0.29, 0.717) is 17.6 Å². The molecule has 3 atom stereocenters. The average Bonchev–Trinajstić information content (AvgIpc) is 2.77. The first-order valence-electron chi connectivity index (χ1n) is 7.13. The molecule has 1 saturated heterocycles. The summed E-state index contributed by atoms with van der Waals surface area (Å²) in [5.41, 5.74) is 0.622. The lowest BCUT2D eigenvalue weighted by molar-refractivity contribution is -0.124. The molecule has 98 valence electrons. The van der Waals surface area contributed by atoms with Gasteiger partial charge in [0.25, 0.3) is 0 Å². The largest absolute Gasteiger partial charge is 0.298 e. The van der Waals surface area contributed by atoms with Crippen molar-refractivity contribution in [1.82, 2.24) is 4.90 Å². The van der Waals surface area contributed by atoms with E-state index in [2.05, 4.69) is 32.6 Å². The van der Waals surface area contributed by atoms with Crippen LogP contribution in [0.3, 0.4) is 0 Å². The van der Waals surface area contributed by atoms with Crippen LogP contribution in [0.15, 0.2) is 0 Å². The molecule has 2 heteroatoms. The molecule has 2 nitrogen and oxygen atoms in total. The number of ketones is 1. The van der Waals surface area contributed by atoms with Gasteiger partial charge in [-0.2, -0.15) is 0 Å². The Labute approximate surface area is 106 Å². The summed E-state index contributed by atoms with van der Waals surface area (Å²) in [5.74, 6) is 1.32. The van der Waals surface area contributed by atoms with Crippen LogP contribution in [-0.2, 0) is 4.79 Å². The Morgan fingerprint density at radius 1 is 1.29 bits per heavy atom. The third kappa shape index (κ3) is 2.16. The van der Waals surface area contributed by atoms with Gasteiger partial charge < -0.3 is 0 Å². The van der Waals surface area contributed by atoms with Crippen LogP contribution in [-0.4, -0.2) is 28.8 Å². The molecule has 0 radical (unpaired) electrons. The molecule has 1 aliphatic heterocycles. The highest BCUT2D eigenvalue weighted by Crippen LogP contribution is 2.62. The third-order valence-corrected chi connectivity index (χ3v) is 4.89. The lowest BCUT2D eigenvalue weighted by Gasteiger charge is -2.36. The predicted octanol–water partition coefficient (Wildman–Crippen LogP) is 3.25. The zero-order valence-corrected chi connectivity index (χ0v) is 12.0. The molecule has 0 unspecified atom stereocenters. The first kappa shape index (κ1) is 13.1. The zero-order valence-electron chi connectivity index (χ0n) is 12.0. The molecule has 1 aliphatic carbocycles. The van der Waals surface area contributed by atoms with Crippen molar-refractivity contribution < 1.29 is 4.79 Å².